The van der Waals surface area contributed by atoms with E-state index in [2.05, 4.69) is 22.6 Å². The Labute approximate surface area is 78.5 Å². The average Bonchev–Trinajstić information content (AvgIpc) is 1.94. The summed E-state index contributed by atoms with van der Waals surface area (Å²) < 4.78 is 0.909. The molecule has 0 fully saturated rings. The van der Waals surface area contributed by atoms with Crippen LogP contribution in [0.1, 0.15) is 0 Å². The zero-order valence-electron chi connectivity index (χ0n) is 5.66. The van der Waals surface area contributed by atoms with E-state index in [9.17, 15) is 0 Å². The van der Waals surface area contributed by atoms with E-state index in [0.717, 1.165) is 3.57 Å². The zero-order chi connectivity index (χ0) is 8.43. The Morgan fingerprint density at radius 3 is 2.45 bits per heavy atom. The molecule has 0 bridgehead atoms. The maximum atomic E-state index is 8.74. The van der Waals surface area contributed by atoms with Crippen molar-refractivity contribution in [3.63, 3.8) is 0 Å². The fraction of sp³-hybridized carbons (Fsp3) is 0. The van der Waals surface area contributed by atoms with Crippen molar-refractivity contribution in [3.05, 3.63) is 21.8 Å². The maximum absolute atomic E-state index is 8.74. The van der Waals surface area contributed by atoms with Gasteiger partial charge >= 0.3 is 7.12 Å². The highest BCUT2D eigenvalue weighted by molar-refractivity contribution is 14.1. The Morgan fingerprint density at radius 2 is 2.00 bits per heavy atom. The van der Waals surface area contributed by atoms with Crippen LogP contribution in [0.25, 0.3) is 0 Å². The van der Waals surface area contributed by atoms with Gasteiger partial charge in [0.2, 0.25) is 0 Å². The van der Waals surface area contributed by atoms with E-state index >= 15 is 0 Å². The number of anilines is 1. The summed E-state index contributed by atoms with van der Waals surface area (Å²) in [5.74, 6) is 0. The first-order valence-electron chi connectivity index (χ1n) is 3.02. The van der Waals surface area contributed by atoms with Crippen molar-refractivity contribution >= 4 is 40.9 Å². The highest BCUT2D eigenvalue weighted by atomic mass is 127. The Kier molecular flexibility index (Phi) is 2.75. The van der Waals surface area contributed by atoms with E-state index in [1.807, 2.05) is 0 Å². The quantitative estimate of drug-likeness (QED) is 0.365. The molecule has 0 spiro atoms. The van der Waals surface area contributed by atoms with E-state index < -0.39 is 7.12 Å². The molecule has 0 saturated carbocycles. The molecule has 0 saturated heterocycles. The number of benzene rings is 1. The SMILES string of the molecule is Nc1cc(B(O)O)ccc1I. The van der Waals surface area contributed by atoms with Gasteiger partial charge in [-0.15, -0.1) is 0 Å². The predicted octanol–water partition coefficient (Wildman–Crippen LogP) is -0.447. The molecule has 0 aliphatic heterocycles. The molecule has 58 valence electrons. The summed E-state index contributed by atoms with van der Waals surface area (Å²) in [6, 6.07) is 4.92. The largest absolute Gasteiger partial charge is 0.488 e. The lowest BCUT2D eigenvalue weighted by Gasteiger charge is -2.01. The second-order valence-corrected chi connectivity index (χ2v) is 3.32. The van der Waals surface area contributed by atoms with Gasteiger partial charge in [0.05, 0.1) is 0 Å². The summed E-state index contributed by atoms with van der Waals surface area (Å²) in [4.78, 5) is 0. The molecule has 1 aromatic rings. The Hall–Kier alpha value is -0.265. The summed E-state index contributed by atoms with van der Waals surface area (Å²) in [5.41, 5.74) is 6.51. The number of nitrogens with two attached hydrogens (primary N) is 1. The van der Waals surface area contributed by atoms with Crippen LogP contribution < -0.4 is 11.2 Å². The number of hydrogen-bond acceptors (Lipinski definition) is 3. The van der Waals surface area contributed by atoms with Crippen LogP contribution in [0.3, 0.4) is 0 Å². The van der Waals surface area contributed by atoms with Crippen LogP contribution in [0.4, 0.5) is 5.69 Å². The van der Waals surface area contributed by atoms with Crippen molar-refractivity contribution in [1.82, 2.24) is 0 Å². The zero-order valence-corrected chi connectivity index (χ0v) is 7.82. The molecule has 0 aliphatic carbocycles. The average molecular weight is 263 g/mol. The summed E-state index contributed by atoms with van der Waals surface area (Å²) in [5, 5.41) is 17.5. The van der Waals surface area contributed by atoms with Crippen LogP contribution >= 0.6 is 22.6 Å². The van der Waals surface area contributed by atoms with Crippen molar-refractivity contribution in [2.45, 2.75) is 0 Å². The van der Waals surface area contributed by atoms with Gasteiger partial charge in [-0.05, 0) is 40.2 Å². The van der Waals surface area contributed by atoms with Crippen molar-refractivity contribution in [2.24, 2.45) is 0 Å². The van der Waals surface area contributed by atoms with E-state index in [1.54, 1.807) is 18.2 Å². The van der Waals surface area contributed by atoms with Crippen molar-refractivity contribution < 1.29 is 10.0 Å². The Balaban J connectivity index is 3.05. The van der Waals surface area contributed by atoms with Crippen molar-refractivity contribution in [1.29, 1.82) is 0 Å². The van der Waals surface area contributed by atoms with Crippen molar-refractivity contribution in [3.8, 4) is 0 Å². The molecule has 0 amide bonds. The number of hydrogen-bond donors (Lipinski definition) is 3. The Bertz CT molecular complexity index is 267. The van der Waals surface area contributed by atoms with Crippen molar-refractivity contribution in [2.75, 3.05) is 5.73 Å². The lowest BCUT2D eigenvalue weighted by molar-refractivity contribution is 0.426. The van der Waals surface area contributed by atoms with Gasteiger partial charge in [0.15, 0.2) is 0 Å². The highest BCUT2D eigenvalue weighted by Crippen LogP contribution is 2.11. The predicted molar refractivity (Wildman–Crippen MR) is 53.4 cm³/mol. The molecule has 5 heteroatoms. The molecule has 11 heavy (non-hydrogen) atoms. The van der Waals surface area contributed by atoms with Gasteiger partial charge in [-0.1, -0.05) is 6.07 Å². The topological polar surface area (TPSA) is 66.5 Å². The van der Waals surface area contributed by atoms with E-state index in [-0.39, 0.29) is 0 Å². The number of nitrogen functional groups attached to an aromatic ring is 1. The monoisotopic (exact) mass is 263 g/mol. The first kappa shape index (κ1) is 8.83. The minimum absolute atomic E-state index is 0.419. The third kappa shape index (κ3) is 2.08. The normalized spacial score (nSPS) is 9.73. The summed E-state index contributed by atoms with van der Waals surface area (Å²) in [7, 11) is -1.44. The van der Waals surface area contributed by atoms with E-state index in [0.29, 0.717) is 11.2 Å². The highest BCUT2D eigenvalue weighted by Gasteiger charge is 2.10. The molecule has 0 aromatic heterocycles. The van der Waals surface area contributed by atoms with Gasteiger partial charge in [-0.3, -0.25) is 0 Å². The van der Waals surface area contributed by atoms with Gasteiger partial charge in [-0.2, -0.15) is 0 Å². The molecule has 0 radical (unpaired) electrons. The summed E-state index contributed by atoms with van der Waals surface area (Å²) >= 11 is 2.08. The smallest absolute Gasteiger partial charge is 0.423 e. The van der Waals surface area contributed by atoms with E-state index in [1.165, 1.54) is 0 Å². The van der Waals surface area contributed by atoms with Crippen LogP contribution in [0.5, 0.6) is 0 Å². The first-order valence-corrected chi connectivity index (χ1v) is 4.10. The third-order valence-corrected chi connectivity index (χ3v) is 2.30. The molecule has 0 atom stereocenters. The molecule has 1 aromatic carbocycles. The van der Waals surface area contributed by atoms with Gasteiger partial charge in [-0.25, -0.2) is 0 Å². The second-order valence-electron chi connectivity index (χ2n) is 2.15. The van der Waals surface area contributed by atoms with Gasteiger partial charge < -0.3 is 15.8 Å². The minimum atomic E-state index is -1.44. The maximum Gasteiger partial charge on any atom is 0.488 e. The molecule has 0 heterocycles. The van der Waals surface area contributed by atoms with E-state index in [4.69, 9.17) is 15.8 Å². The van der Waals surface area contributed by atoms with Gasteiger partial charge in [0.1, 0.15) is 0 Å². The fourth-order valence-electron chi connectivity index (χ4n) is 0.723. The van der Waals surface area contributed by atoms with Crippen LogP contribution in [0, 0.1) is 3.57 Å². The molecule has 3 nitrogen and oxygen atoms in total. The molecular formula is C6H7BINO2. The number of halogens is 1. The van der Waals surface area contributed by atoms with Gasteiger partial charge in [0.25, 0.3) is 0 Å². The summed E-state index contributed by atoms with van der Waals surface area (Å²) in [6.07, 6.45) is 0. The van der Waals surface area contributed by atoms with Crippen LogP contribution in [-0.4, -0.2) is 17.2 Å². The van der Waals surface area contributed by atoms with Crippen LogP contribution in [-0.2, 0) is 0 Å². The molecule has 4 N–H and O–H groups in total. The molecular weight excluding hydrogens is 256 g/mol. The Morgan fingerprint density at radius 1 is 1.36 bits per heavy atom. The van der Waals surface area contributed by atoms with Crippen LogP contribution in [0.15, 0.2) is 18.2 Å². The summed E-state index contributed by atoms with van der Waals surface area (Å²) in [6.45, 7) is 0. The van der Waals surface area contributed by atoms with Gasteiger partial charge in [0, 0.05) is 9.26 Å². The molecule has 0 unspecified atom stereocenters. The minimum Gasteiger partial charge on any atom is -0.423 e. The second kappa shape index (κ2) is 3.42. The number of rotatable bonds is 1. The first-order chi connectivity index (χ1) is 5.11. The third-order valence-electron chi connectivity index (χ3n) is 1.32. The lowest BCUT2D eigenvalue weighted by Crippen LogP contribution is -2.29. The molecule has 1 rings (SSSR count). The molecule has 0 aliphatic rings. The standard InChI is InChI=1S/C6H7BINO2/c8-5-2-1-4(7(10)11)3-6(5)9/h1-3,10-11H,9H2. The fourth-order valence-corrected chi connectivity index (χ4v) is 1.06. The van der Waals surface area contributed by atoms with Crippen LogP contribution in [0.2, 0.25) is 0 Å². The lowest BCUT2D eigenvalue weighted by atomic mass is 9.80.